The molecule has 1 N–H and O–H groups in total. The van der Waals surface area contributed by atoms with Crippen molar-refractivity contribution in [2.75, 3.05) is 30.4 Å². The second-order valence-electron chi connectivity index (χ2n) is 5.50. The summed E-state index contributed by atoms with van der Waals surface area (Å²) in [5.74, 6) is 0.696. The van der Waals surface area contributed by atoms with E-state index in [0.29, 0.717) is 17.2 Å². The van der Waals surface area contributed by atoms with E-state index in [1.165, 1.54) is 31.1 Å². The van der Waals surface area contributed by atoms with E-state index in [-0.39, 0.29) is 11.8 Å². The van der Waals surface area contributed by atoms with Crippen LogP contribution in [0.3, 0.4) is 0 Å². The van der Waals surface area contributed by atoms with Gasteiger partial charge in [-0.1, -0.05) is 0 Å². The first-order chi connectivity index (χ1) is 11.2. The number of aryl methyl sites for hydroxylation is 1. The third kappa shape index (κ3) is 3.41. The molecular formula is C15H20N6O2. The summed E-state index contributed by atoms with van der Waals surface area (Å²) in [6, 6.07) is 0. The normalized spacial score (nSPS) is 14.6. The number of anilines is 2. The minimum Gasteiger partial charge on any atom is -0.479 e. The van der Waals surface area contributed by atoms with Crippen molar-refractivity contribution in [3.63, 3.8) is 0 Å². The average molecular weight is 316 g/mol. The molecule has 0 radical (unpaired) electrons. The van der Waals surface area contributed by atoms with Crippen LogP contribution in [0.25, 0.3) is 0 Å². The molecule has 3 heterocycles. The van der Waals surface area contributed by atoms with E-state index in [9.17, 15) is 4.79 Å². The number of rotatable bonds is 4. The van der Waals surface area contributed by atoms with Gasteiger partial charge in [-0.05, 0) is 19.3 Å². The topological polar surface area (TPSA) is 85.2 Å². The standard InChI is InChI=1S/C15H20N6O2/c1-20-10-12(14(19-20)23-2)13(22)18-11-8-16-15(17-9-11)21-6-4-3-5-7-21/h8-10H,3-7H2,1-2H3,(H,18,22). The lowest BCUT2D eigenvalue weighted by Crippen LogP contribution is -2.30. The fraction of sp³-hybridized carbons (Fsp3) is 0.467. The summed E-state index contributed by atoms with van der Waals surface area (Å²) in [6.07, 6.45) is 8.45. The molecule has 1 aliphatic rings. The molecule has 1 aliphatic heterocycles. The van der Waals surface area contributed by atoms with E-state index in [1.54, 1.807) is 25.6 Å². The Hall–Kier alpha value is -2.64. The third-order valence-electron chi connectivity index (χ3n) is 3.77. The van der Waals surface area contributed by atoms with Gasteiger partial charge in [0.2, 0.25) is 11.8 Å². The van der Waals surface area contributed by atoms with Crippen LogP contribution in [0.2, 0.25) is 0 Å². The van der Waals surface area contributed by atoms with Gasteiger partial charge in [-0.2, -0.15) is 0 Å². The molecule has 8 heteroatoms. The summed E-state index contributed by atoms with van der Waals surface area (Å²) >= 11 is 0. The fourth-order valence-corrected chi connectivity index (χ4v) is 2.62. The summed E-state index contributed by atoms with van der Waals surface area (Å²) in [5.41, 5.74) is 0.914. The minimum absolute atomic E-state index is 0.288. The van der Waals surface area contributed by atoms with Crippen molar-refractivity contribution in [3.05, 3.63) is 24.2 Å². The van der Waals surface area contributed by atoms with E-state index in [2.05, 4.69) is 25.3 Å². The zero-order valence-corrected chi connectivity index (χ0v) is 13.3. The molecule has 0 bridgehead atoms. The summed E-state index contributed by atoms with van der Waals surface area (Å²) in [6.45, 7) is 1.97. The Bertz CT molecular complexity index is 676. The lowest BCUT2D eigenvalue weighted by Gasteiger charge is -2.26. The van der Waals surface area contributed by atoms with Gasteiger partial charge in [0, 0.05) is 26.3 Å². The summed E-state index contributed by atoms with van der Waals surface area (Å²) in [4.78, 5) is 23.1. The Morgan fingerprint density at radius 2 is 1.91 bits per heavy atom. The molecule has 0 atom stereocenters. The van der Waals surface area contributed by atoms with E-state index < -0.39 is 0 Å². The van der Waals surface area contributed by atoms with Crippen LogP contribution < -0.4 is 15.0 Å². The summed E-state index contributed by atoms with van der Waals surface area (Å²) in [7, 11) is 3.21. The number of hydrogen-bond donors (Lipinski definition) is 1. The van der Waals surface area contributed by atoms with Crippen LogP contribution in [-0.4, -0.2) is 45.9 Å². The number of aromatic nitrogens is 4. The molecule has 0 unspecified atom stereocenters. The first kappa shape index (κ1) is 15.3. The maximum absolute atomic E-state index is 12.3. The van der Waals surface area contributed by atoms with Crippen LogP contribution in [0.1, 0.15) is 29.6 Å². The number of piperidine rings is 1. The van der Waals surface area contributed by atoms with Crippen molar-refractivity contribution in [3.8, 4) is 5.88 Å². The molecule has 0 aromatic carbocycles. The molecule has 0 saturated carbocycles. The van der Waals surface area contributed by atoms with E-state index in [0.717, 1.165) is 13.1 Å². The van der Waals surface area contributed by atoms with E-state index in [4.69, 9.17) is 4.74 Å². The van der Waals surface area contributed by atoms with Crippen molar-refractivity contribution in [1.29, 1.82) is 0 Å². The van der Waals surface area contributed by atoms with Crippen LogP contribution in [0.5, 0.6) is 5.88 Å². The lowest BCUT2D eigenvalue weighted by molar-refractivity contribution is 0.102. The van der Waals surface area contributed by atoms with Crippen molar-refractivity contribution in [1.82, 2.24) is 19.7 Å². The molecule has 8 nitrogen and oxygen atoms in total. The Balaban J connectivity index is 1.69. The number of methoxy groups -OCH3 is 1. The number of nitrogens with zero attached hydrogens (tertiary/aromatic N) is 5. The second-order valence-corrected chi connectivity index (χ2v) is 5.50. The monoisotopic (exact) mass is 316 g/mol. The van der Waals surface area contributed by atoms with Crippen molar-refractivity contribution in [2.45, 2.75) is 19.3 Å². The molecule has 23 heavy (non-hydrogen) atoms. The van der Waals surface area contributed by atoms with Gasteiger partial charge < -0.3 is 15.0 Å². The molecule has 1 fully saturated rings. The number of nitrogens with one attached hydrogen (secondary N) is 1. The molecule has 3 rings (SSSR count). The van der Waals surface area contributed by atoms with Gasteiger partial charge >= 0.3 is 0 Å². The maximum Gasteiger partial charge on any atom is 0.262 e. The third-order valence-corrected chi connectivity index (χ3v) is 3.77. The van der Waals surface area contributed by atoms with Crippen LogP contribution in [0, 0.1) is 0 Å². The molecule has 2 aromatic rings. The van der Waals surface area contributed by atoms with E-state index in [1.807, 2.05) is 0 Å². The summed E-state index contributed by atoms with van der Waals surface area (Å²) in [5, 5.41) is 6.82. The number of amides is 1. The highest BCUT2D eigenvalue weighted by Crippen LogP contribution is 2.18. The molecule has 122 valence electrons. The van der Waals surface area contributed by atoms with Crippen molar-refractivity contribution >= 4 is 17.5 Å². The average Bonchev–Trinajstić information content (AvgIpc) is 2.97. The Kier molecular flexibility index (Phi) is 4.40. The van der Waals surface area contributed by atoms with Gasteiger partial charge in [-0.15, -0.1) is 5.10 Å². The highest BCUT2D eigenvalue weighted by atomic mass is 16.5. The first-order valence-corrected chi connectivity index (χ1v) is 7.63. The van der Waals surface area contributed by atoms with Gasteiger partial charge in [-0.25, -0.2) is 9.97 Å². The molecule has 0 spiro atoms. The van der Waals surface area contributed by atoms with Crippen LogP contribution in [-0.2, 0) is 7.05 Å². The van der Waals surface area contributed by atoms with Crippen LogP contribution in [0.15, 0.2) is 18.6 Å². The Morgan fingerprint density at radius 3 is 2.57 bits per heavy atom. The fourth-order valence-electron chi connectivity index (χ4n) is 2.62. The molecular weight excluding hydrogens is 296 g/mol. The second kappa shape index (κ2) is 6.64. The number of ether oxygens (including phenoxy) is 1. The highest BCUT2D eigenvalue weighted by Gasteiger charge is 2.17. The number of carbonyl (C=O) groups is 1. The van der Waals surface area contributed by atoms with Crippen LogP contribution in [0.4, 0.5) is 11.6 Å². The molecule has 0 aliphatic carbocycles. The van der Waals surface area contributed by atoms with E-state index >= 15 is 0 Å². The smallest absolute Gasteiger partial charge is 0.262 e. The SMILES string of the molecule is COc1nn(C)cc1C(=O)Nc1cnc(N2CCCCC2)nc1. The highest BCUT2D eigenvalue weighted by molar-refractivity contribution is 6.05. The van der Waals surface area contributed by atoms with Crippen LogP contribution >= 0.6 is 0 Å². The maximum atomic E-state index is 12.3. The van der Waals surface area contributed by atoms with Gasteiger partial charge in [0.15, 0.2) is 0 Å². The zero-order valence-electron chi connectivity index (χ0n) is 13.3. The molecule has 1 amide bonds. The zero-order chi connectivity index (χ0) is 16.2. The van der Waals surface area contributed by atoms with Crippen molar-refractivity contribution in [2.24, 2.45) is 7.05 Å². The minimum atomic E-state index is -0.302. The predicted molar refractivity (Wildman–Crippen MR) is 85.8 cm³/mol. The van der Waals surface area contributed by atoms with Gasteiger partial charge in [0.1, 0.15) is 5.56 Å². The largest absolute Gasteiger partial charge is 0.479 e. The summed E-state index contributed by atoms with van der Waals surface area (Å²) < 4.78 is 6.62. The number of hydrogen-bond acceptors (Lipinski definition) is 6. The van der Waals surface area contributed by atoms with Gasteiger partial charge in [0.25, 0.3) is 5.91 Å². The molecule has 1 saturated heterocycles. The van der Waals surface area contributed by atoms with Crippen molar-refractivity contribution < 1.29 is 9.53 Å². The quantitative estimate of drug-likeness (QED) is 0.919. The van der Waals surface area contributed by atoms with Gasteiger partial charge in [0.05, 0.1) is 25.2 Å². The van der Waals surface area contributed by atoms with Gasteiger partial charge in [-0.3, -0.25) is 9.48 Å². The lowest BCUT2D eigenvalue weighted by atomic mass is 10.1. The number of carbonyl (C=O) groups excluding carboxylic acids is 1. The Morgan fingerprint density at radius 1 is 1.22 bits per heavy atom. The predicted octanol–water partition coefficient (Wildman–Crippen LogP) is 1.46. The molecule has 2 aromatic heterocycles. The first-order valence-electron chi connectivity index (χ1n) is 7.63. The Labute approximate surface area is 134 Å².